The molecule has 0 bridgehead atoms. The Morgan fingerprint density at radius 3 is 2.62 bits per heavy atom. The van der Waals surface area contributed by atoms with Crippen LogP contribution in [0.1, 0.15) is 5.69 Å². The second-order valence-electron chi connectivity index (χ2n) is 4.55. The van der Waals surface area contributed by atoms with E-state index in [4.69, 9.17) is 4.74 Å². The van der Waals surface area contributed by atoms with Crippen molar-refractivity contribution in [1.82, 2.24) is 9.97 Å². The van der Waals surface area contributed by atoms with Crippen LogP contribution in [0.3, 0.4) is 0 Å². The van der Waals surface area contributed by atoms with E-state index in [0.29, 0.717) is 11.4 Å². The van der Waals surface area contributed by atoms with Gasteiger partial charge in [0.25, 0.3) is 0 Å². The Labute approximate surface area is 147 Å². The smallest absolute Gasteiger partial charge is 0.434 e. The van der Waals surface area contributed by atoms with Crippen LogP contribution in [0.2, 0.25) is 0 Å². The summed E-state index contributed by atoms with van der Waals surface area (Å²) in [5.74, 6) is 0.766. The summed E-state index contributed by atoms with van der Waals surface area (Å²) >= 11 is 4.22. The van der Waals surface area contributed by atoms with Crippen molar-refractivity contribution in [1.29, 1.82) is 0 Å². The Morgan fingerprint density at radius 2 is 1.92 bits per heavy atom. The minimum atomic E-state index is -4.47. The number of halogens is 4. The molecule has 4 nitrogen and oxygen atoms in total. The zero-order valence-electron chi connectivity index (χ0n) is 11.8. The van der Waals surface area contributed by atoms with Crippen molar-refractivity contribution in [3.63, 3.8) is 0 Å². The molecule has 3 aromatic rings. The van der Waals surface area contributed by atoms with Crippen molar-refractivity contribution in [2.75, 3.05) is 5.32 Å². The number of pyridine rings is 1. The van der Waals surface area contributed by atoms with E-state index >= 15 is 0 Å². The molecule has 0 saturated heterocycles. The molecule has 124 valence electrons. The van der Waals surface area contributed by atoms with Gasteiger partial charge in [-0.05, 0) is 40.2 Å². The Bertz CT molecular complexity index is 854. The van der Waals surface area contributed by atoms with Gasteiger partial charge in [-0.2, -0.15) is 13.2 Å². The second-order valence-corrected chi connectivity index (χ2v) is 6.26. The third-order valence-electron chi connectivity index (χ3n) is 2.85. The van der Waals surface area contributed by atoms with Crippen LogP contribution in [-0.2, 0) is 6.18 Å². The summed E-state index contributed by atoms with van der Waals surface area (Å²) in [4.78, 5) is 7.65. The molecule has 24 heavy (non-hydrogen) atoms. The molecule has 0 fully saturated rings. The molecular weight excluding hydrogens is 407 g/mol. The van der Waals surface area contributed by atoms with Crippen LogP contribution in [-0.4, -0.2) is 9.97 Å². The minimum Gasteiger partial charge on any atom is -0.436 e. The molecule has 0 unspecified atom stereocenters. The summed E-state index contributed by atoms with van der Waals surface area (Å²) in [6.45, 7) is 0. The first-order valence-corrected chi connectivity index (χ1v) is 8.28. The number of benzene rings is 1. The van der Waals surface area contributed by atoms with E-state index in [1.54, 1.807) is 24.3 Å². The van der Waals surface area contributed by atoms with Crippen molar-refractivity contribution in [3.05, 3.63) is 58.1 Å². The lowest BCUT2D eigenvalue weighted by molar-refractivity contribution is -0.140. The lowest BCUT2D eigenvalue weighted by Crippen LogP contribution is -2.05. The monoisotopic (exact) mass is 415 g/mol. The van der Waals surface area contributed by atoms with Gasteiger partial charge in [0.1, 0.15) is 11.4 Å². The fourth-order valence-corrected chi connectivity index (χ4v) is 2.87. The highest BCUT2D eigenvalue weighted by Gasteiger charge is 2.33. The zero-order chi connectivity index (χ0) is 17.2. The van der Waals surface area contributed by atoms with Gasteiger partial charge in [0.15, 0.2) is 10.8 Å². The summed E-state index contributed by atoms with van der Waals surface area (Å²) in [5, 5.41) is 3.86. The van der Waals surface area contributed by atoms with E-state index in [1.807, 2.05) is 12.1 Å². The van der Waals surface area contributed by atoms with Crippen molar-refractivity contribution in [2.24, 2.45) is 0 Å². The molecule has 0 aliphatic rings. The normalized spacial score (nSPS) is 11.3. The minimum absolute atomic E-state index is 0.104. The van der Waals surface area contributed by atoms with Crippen LogP contribution < -0.4 is 10.1 Å². The van der Waals surface area contributed by atoms with E-state index in [-0.39, 0.29) is 11.0 Å². The molecule has 1 aromatic carbocycles. The number of hydrogen-bond donors (Lipinski definition) is 1. The Balaban J connectivity index is 1.85. The number of alkyl halides is 3. The maximum absolute atomic E-state index is 12.6. The summed E-state index contributed by atoms with van der Waals surface area (Å²) in [6, 6.07) is 10.5. The summed E-state index contributed by atoms with van der Waals surface area (Å²) < 4.78 is 44.3. The van der Waals surface area contributed by atoms with Gasteiger partial charge >= 0.3 is 6.18 Å². The molecule has 9 heteroatoms. The average molecular weight is 416 g/mol. The SMILES string of the molecule is FC(F)(F)c1csc(Nc2cccnc2Oc2ccccc2Br)n1. The van der Waals surface area contributed by atoms with Gasteiger partial charge in [-0.25, -0.2) is 9.97 Å². The van der Waals surface area contributed by atoms with E-state index < -0.39 is 11.9 Å². The average Bonchev–Trinajstić information content (AvgIpc) is 3.00. The maximum Gasteiger partial charge on any atom is 0.434 e. The number of thiazole rings is 1. The molecule has 0 atom stereocenters. The molecule has 0 aliphatic heterocycles. The van der Waals surface area contributed by atoms with E-state index in [0.717, 1.165) is 21.2 Å². The van der Waals surface area contributed by atoms with Gasteiger partial charge in [0, 0.05) is 11.6 Å². The molecular formula is C15H9BrF3N3OS. The second kappa shape index (κ2) is 6.78. The maximum atomic E-state index is 12.6. The quantitative estimate of drug-likeness (QED) is 0.579. The topological polar surface area (TPSA) is 47.0 Å². The Morgan fingerprint density at radius 1 is 1.12 bits per heavy atom. The fourth-order valence-electron chi connectivity index (χ4n) is 1.78. The molecule has 2 heterocycles. The first-order valence-electron chi connectivity index (χ1n) is 6.60. The van der Waals surface area contributed by atoms with Gasteiger partial charge in [0.05, 0.1) is 4.47 Å². The van der Waals surface area contributed by atoms with Crippen LogP contribution in [0, 0.1) is 0 Å². The largest absolute Gasteiger partial charge is 0.436 e. The van der Waals surface area contributed by atoms with E-state index in [2.05, 4.69) is 31.2 Å². The van der Waals surface area contributed by atoms with Crippen LogP contribution in [0.25, 0.3) is 0 Å². The molecule has 0 saturated carbocycles. The highest BCUT2D eigenvalue weighted by molar-refractivity contribution is 9.10. The Hall–Kier alpha value is -2.13. The van der Waals surface area contributed by atoms with Gasteiger partial charge in [-0.3, -0.25) is 0 Å². The van der Waals surface area contributed by atoms with Crippen molar-refractivity contribution in [2.45, 2.75) is 6.18 Å². The number of nitrogens with one attached hydrogen (secondary N) is 1. The lowest BCUT2D eigenvalue weighted by atomic mass is 10.3. The fraction of sp³-hybridized carbons (Fsp3) is 0.0667. The molecule has 3 rings (SSSR count). The number of rotatable bonds is 4. The van der Waals surface area contributed by atoms with E-state index in [1.165, 1.54) is 6.20 Å². The number of nitrogens with zero attached hydrogens (tertiary/aromatic N) is 2. The molecule has 2 aromatic heterocycles. The highest BCUT2D eigenvalue weighted by atomic mass is 79.9. The first-order chi connectivity index (χ1) is 11.4. The van der Waals surface area contributed by atoms with Gasteiger partial charge in [0.2, 0.25) is 5.88 Å². The molecule has 0 spiro atoms. The number of ether oxygens (including phenoxy) is 1. The van der Waals surface area contributed by atoms with Crippen LogP contribution in [0.5, 0.6) is 11.6 Å². The van der Waals surface area contributed by atoms with Crippen LogP contribution in [0.15, 0.2) is 52.4 Å². The molecule has 0 amide bonds. The van der Waals surface area contributed by atoms with Crippen molar-refractivity contribution < 1.29 is 17.9 Å². The molecule has 0 radical (unpaired) electrons. The molecule has 0 aliphatic carbocycles. The van der Waals surface area contributed by atoms with Crippen LogP contribution >= 0.6 is 27.3 Å². The Kier molecular flexibility index (Phi) is 4.72. The summed E-state index contributed by atoms with van der Waals surface area (Å²) in [5.41, 5.74) is -0.525. The third kappa shape index (κ3) is 3.85. The first kappa shape index (κ1) is 16.7. The lowest BCUT2D eigenvalue weighted by Gasteiger charge is -2.11. The van der Waals surface area contributed by atoms with Gasteiger partial charge in [-0.1, -0.05) is 12.1 Å². The number of hydrogen-bond acceptors (Lipinski definition) is 5. The number of anilines is 2. The van der Waals surface area contributed by atoms with Gasteiger partial charge < -0.3 is 10.1 Å². The number of para-hydroxylation sites is 1. The molecule has 1 N–H and O–H groups in total. The third-order valence-corrected chi connectivity index (χ3v) is 4.26. The van der Waals surface area contributed by atoms with Gasteiger partial charge in [-0.15, -0.1) is 11.3 Å². The zero-order valence-corrected chi connectivity index (χ0v) is 14.2. The van der Waals surface area contributed by atoms with Crippen LogP contribution in [0.4, 0.5) is 24.0 Å². The standard InChI is InChI=1S/C15H9BrF3N3OS/c16-9-4-1-2-6-11(9)23-13-10(5-3-7-20-13)21-14-22-12(8-24-14)15(17,18)19/h1-8H,(H,21,22). The van der Waals surface area contributed by atoms with Crippen molar-refractivity contribution >= 4 is 38.1 Å². The van der Waals surface area contributed by atoms with E-state index in [9.17, 15) is 13.2 Å². The predicted molar refractivity (Wildman–Crippen MR) is 88.9 cm³/mol. The highest BCUT2D eigenvalue weighted by Crippen LogP contribution is 2.36. The summed E-state index contributed by atoms with van der Waals surface area (Å²) in [6.07, 6.45) is -2.94. The predicted octanol–water partition coefficient (Wildman–Crippen LogP) is 5.86. The summed E-state index contributed by atoms with van der Waals surface area (Å²) in [7, 11) is 0. The van der Waals surface area contributed by atoms with Crippen molar-refractivity contribution in [3.8, 4) is 11.6 Å². The number of aromatic nitrogens is 2.